The van der Waals surface area contributed by atoms with Crippen LogP contribution in [0.4, 0.5) is 10.5 Å². The smallest absolute Gasteiger partial charge is 0.415 e. The highest BCUT2D eigenvalue weighted by Gasteiger charge is 2.29. The maximum Gasteiger partial charge on any atom is 0.415 e. The van der Waals surface area contributed by atoms with Crippen molar-refractivity contribution >= 4 is 34.1 Å². The number of rotatable bonds is 5. The second kappa shape index (κ2) is 10.5. The lowest BCUT2D eigenvalue weighted by Gasteiger charge is -2.34. The van der Waals surface area contributed by atoms with E-state index in [4.69, 9.17) is 9.47 Å². The number of fused-ring (bicyclic) bond motifs is 4. The molecule has 200 valence electrons. The van der Waals surface area contributed by atoms with Gasteiger partial charge in [-0.3, -0.25) is 0 Å². The van der Waals surface area contributed by atoms with Crippen LogP contribution in [-0.4, -0.2) is 66.8 Å². The second-order valence-electron chi connectivity index (χ2n) is 10.0. The third kappa shape index (κ3) is 4.63. The summed E-state index contributed by atoms with van der Waals surface area (Å²) in [5.74, 6) is 1.64. The summed E-state index contributed by atoms with van der Waals surface area (Å²) in [5, 5.41) is 2.12. The number of carbonyl (C=O) groups is 1. The molecule has 2 aliphatic heterocycles. The molecule has 0 bridgehead atoms. The molecule has 2 aliphatic rings. The topological polar surface area (TPSA) is 50.2 Å². The van der Waals surface area contributed by atoms with Crippen LogP contribution < -0.4 is 9.64 Å². The minimum atomic E-state index is -0.395. The minimum Gasteiger partial charge on any atom is -0.450 e. The molecule has 4 aromatic rings. The number of benzene rings is 3. The maximum absolute atomic E-state index is 13.3. The largest absolute Gasteiger partial charge is 0.450 e. The fourth-order valence-electron chi connectivity index (χ4n) is 5.42. The highest BCUT2D eigenvalue weighted by molar-refractivity contribution is 6.00. The van der Waals surface area contributed by atoms with Crippen LogP contribution in [0.1, 0.15) is 25.1 Å². The fourth-order valence-corrected chi connectivity index (χ4v) is 5.42. The molecule has 0 aliphatic carbocycles. The summed E-state index contributed by atoms with van der Waals surface area (Å²) in [4.78, 5) is 19.7. The lowest BCUT2D eigenvalue weighted by Crippen LogP contribution is -2.44. The first-order chi connectivity index (χ1) is 19.1. The van der Waals surface area contributed by atoms with E-state index in [0.29, 0.717) is 30.4 Å². The lowest BCUT2D eigenvalue weighted by atomic mass is 10.0. The van der Waals surface area contributed by atoms with Crippen LogP contribution in [0.15, 0.2) is 79.0 Å². The maximum atomic E-state index is 13.3. The molecule has 0 saturated carbocycles. The van der Waals surface area contributed by atoms with Gasteiger partial charge in [0, 0.05) is 56.7 Å². The molecule has 1 saturated heterocycles. The molecular weight excluding hydrogens is 488 g/mol. The van der Waals surface area contributed by atoms with Crippen LogP contribution in [-0.2, 0) is 4.74 Å². The molecule has 1 aromatic heterocycles. The normalized spacial score (nSPS) is 15.4. The van der Waals surface area contributed by atoms with Crippen molar-refractivity contribution in [1.82, 2.24) is 14.4 Å². The van der Waals surface area contributed by atoms with E-state index in [1.54, 1.807) is 4.90 Å². The highest BCUT2D eigenvalue weighted by atomic mass is 16.6. The first-order valence-electron chi connectivity index (χ1n) is 13.7. The number of aromatic nitrogens is 1. The van der Waals surface area contributed by atoms with E-state index in [9.17, 15) is 4.79 Å². The van der Waals surface area contributed by atoms with Gasteiger partial charge in [-0.25, -0.2) is 4.79 Å². The molecule has 7 heteroatoms. The van der Waals surface area contributed by atoms with E-state index in [-0.39, 0.29) is 0 Å². The zero-order chi connectivity index (χ0) is 26.9. The fraction of sp³-hybridized carbons (Fsp3) is 0.281. The third-order valence-electron chi connectivity index (χ3n) is 7.72. The van der Waals surface area contributed by atoms with Gasteiger partial charge in [0.2, 0.25) is 0 Å². The number of anilines is 1. The van der Waals surface area contributed by atoms with Crippen molar-refractivity contribution in [2.75, 3.05) is 51.2 Å². The van der Waals surface area contributed by atoms with E-state index < -0.39 is 6.09 Å². The number of ether oxygens (including phenoxy) is 2. The predicted molar refractivity (Wildman–Crippen MR) is 156 cm³/mol. The molecule has 0 spiro atoms. The highest BCUT2D eigenvalue weighted by Crippen LogP contribution is 2.42. The first kappa shape index (κ1) is 25.1. The summed E-state index contributed by atoms with van der Waals surface area (Å²) in [6.07, 6.45) is 1.61. The molecule has 0 atom stereocenters. The van der Waals surface area contributed by atoms with Gasteiger partial charge in [0.1, 0.15) is 0 Å². The van der Waals surface area contributed by atoms with Gasteiger partial charge >= 0.3 is 6.09 Å². The van der Waals surface area contributed by atoms with Crippen molar-refractivity contribution in [2.24, 2.45) is 0 Å². The Morgan fingerprint density at radius 1 is 0.923 bits per heavy atom. The summed E-state index contributed by atoms with van der Waals surface area (Å²) in [6.45, 7) is 9.02. The number of piperazine rings is 1. The zero-order valence-corrected chi connectivity index (χ0v) is 22.8. The Balaban J connectivity index is 1.52. The number of hydrogen-bond donors (Lipinski definition) is 0. The van der Waals surface area contributed by atoms with Crippen LogP contribution in [0.3, 0.4) is 0 Å². The molecule has 0 unspecified atom stereocenters. The number of amides is 1. The van der Waals surface area contributed by atoms with E-state index in [1.807, 2.05) is 62.5 Å². The monoisotopic (exact) mass is 522 g/mol. The summed E-state index contributed by atoms with van der Waals surface area (Å²) in [6, 6.07) is 24.6. The molecule has 3 heterocycles. The van der Waals surface area contributed by atoms with Crippen LogP contribution >= 0.6 is 0 Å². The van der Waals surface area contributed by atoms with Gasteiger partial charge in [-0.2, -0.15) is 0 Å². The Morgan fingerprint density at radius 3 is 2.49 bits per heavy atom. The molecule has 7 nitrogen and oxygen atoms in total. The van der Waals surface area contributed by atoms with Crippen molar-refractivity contribution in [3.63, 3.8) is 0 Å². The van der Waals surface area contributed by atoms with Crippen LogP contribution in [0.25, 0.3) is 28.0 Å². The molecule has 6 rings (SSSR count). The Kier molecular flexibility index (Phi) is 6.75. The van der Waals surface area contributed by atoms with Crippen molar-refractivity contribution in [1.29, 1.82) is 0 Å². The lowest BCUT2D eigenvalue weighted by molar-refractivity contribution is 0.147. The zero-order valence-electron chi connectivity index (χ0n) is 22.8. The number of nitrogens with zero attached hydrogens (tertiary/aromatic N) is 4. The number of likely N-dealkylation sites (N-methyl/N-ethyl adjacent to an activating group) is 1. The minimum absolute atomic E-state index is 0.395. The van der Waals surface area contributed by atoms with E-state index >= 15 is 0 Å². The van der Waals surface area contributed by atoms with Crippen LogP contribution in [0.5, 0.6) is 5.75 Å². The van der Waals surface area contributed by atoms with Gasteiger partial charge in [0.15, 0.2) is 17.3 Å². The molecule has 0 radical (unpaired) electrons. The van der Waals surface area contributed by atoms with E-state index in [1.165, 1.54) is 0 Å². The van der Waals surface area contributed by atoms with Crippen molar-refractivity contribution in [3.8, 4) is 11.4 Å². The van der Waals surface area contributed by atoms with Crippen LogP contribution in [0, 0.1) is 0 Å². The summed E-state index contributed by atoms with van der Waals surface area (Å²) < 4.78 is 15.0. The average Bonchev–Trinajstić information content (AvgIpc) is 3.41. The summed E-state index contributed by atoms with van der Waals surface area (Å²) in [5.41, 5.74) is 3.71. The summed E-state index contributed by atoms with van der Waals surface area (Å²) >= 11 is 0. The van der Waals surface area contributed by atoms with Crippen LogP contribution in [0.2, 0.25) is 0 Å². The molecule has 1 amide bonds. The predicted octanol–water partition coefficient (Wildman–Crippen LogP) is 6.08. The average molecular weight is 523 g/mol. The SMILES string of the molecule is CCN(CC)C(=O)OC1=C(c2cccc3ccccc23)Oc2ccc(N3CCN(C)CC3)cc2-n2cccc21. The second-order valence-corrected chi connectivity index (χ2v) is 10.0. The third-order valence-corrected chi connectivity index (χ3v) is 7.72. The molecule has 1 fully saturated rings. The van der Waals surface area contributed by atoms with Gasteiger partial charge < -0.3 is 28.7 Å². The number of carbonyl (C=O) groups excluding carboxylic acids is 1. The molecule has 3 aromatic carbocycles. The van der Waals surface area contributed by atoms with Crippen molar-refractivity contribution in [2.45, 2.75) is 13.8 Å². The Morgan fingerprint density at radius 2 is 1.69 bits per heavy atom. The Bertz CT molecular complexity index is 1540. The van der Waals surface area contributed by atoms with Gasteiger partial charge in [0.05, 0.1) is 11.4 Å². The van der Waals surface area contributed by atoms with E-state index in [0.717, 1.165) is 59.6 Å². The summed E-state index contributed by atoms with van der Waals surface area (Å²) in [7, 11) is 2.16. The van der Waals surface area contributed by atoms with Gasteiger partial charge in [-0.15, -0.1) is 0 Å². The van der Waals surface area contributed by atoms with Crippen molar-refractivity contribution < 1.29 is 14.3 Å². The van der Waals surface area contributed by atoms with Gasteiger partial charge in [0.25, 0.3) is 0 Å². The molecule has 0 N–H and O–H groups in total. The standard InChI is InChI=1S/C32H34N4O3/c1-4-34(5-2)32(37)39-31-27-14-9-17-36(27)28-22-24(35-20-18-33(3)19-21-35)15-16-29(28)38-30(31)26-13-8-11-23-10-6-7-12-25(23)26/h6-17,22H,4-5,18-21H2,1-3H3. The van der Waals surface area contributed by atoms with Gasteiger partial charge in [-0.05, 0) is 62.0 Å². The van der Waals surface area contributed by atoms with Crippen molar-refractivity contribution in [3.05, 3.63) is 90.3 Å². The first-order valence-corrected chi connectivity index (χ1v) is 13.7. The Labute approximate surface area is 229 Å². The van der Waals surface area contributed by atoms with Gasteiger partial charge in [-0.1, -0.05) is 42.5 Å². The molecule has 39 heavy (non-hydrogen) atoms. The quantitative estimate of drug-likeness (QED) is 0.318. The molecular formula is C32H34N4O3. The number of hydrogen-bond acceptors (Lipinski definition) is 5. The Hall–Kier alpha value is -4.23. The van der Waals surface area contributed by atoms with E-state index in [2.05, 4.69) is 51.7 Å².